The highest BCUT2D eigenvalue weighted by atomic mass is 16.5. The number of ether oxygens (including phenoxy) is 1. The Morgan fingerprint density at radius 1 is 1.18 bits per heavy atom. The zero-order valence-corrected chi connectivity index (χ0v) is 8.15. The number of hydrogen-bond acceptors (Lipinski definition) is 1. The molecule has 0 heterocycles. The Morgan fingerprint density at radius 3 is 2.00 bits per heavy atom. The summed E-state index contributed by atoms with van der Waals surface area (Å²) in [7, 11) is 0. The molecule has 0 spiro atoms. The summed E-state index contributed by atoms with van der Waals surface area (Å²) in [5.41, 5.74) is 0.122. The molecule has 0 aliphatic heterocycles. The minimum atomic E-state index is 0.122. The lowest BCUT2D eigenvalue weighted by atomic mass is 9.92. The Labute approximate surface area is 71.1 Å². The fraction of sp³-hybridized carbons (Fsp3) is 0.900. The Morgan fingerprint density at radius 2 is 1.73 bits per heavy atom. The molecule has 0 unspecified atom stereocenters. The monoisotopic (exact) mass is 157 g/mol. The van der Waals surface area contributed by atoms with Gasteiger partial charge in [-0.1, -0.05) is 27.2 Å². The summed E-state index contributed by atoms with van der Waals surface area (Å²) in [5.74, 6) is 0. The average Bonchev–Trinajstić information content (AvgIpc) is 2.04. The van der Waals surface area contributed by atoms with Gasteiger partial charge in [-0.2, -0.15) is 0 Å². The Bertz CT molecular complexity index is 76.9. The van der Waals surface area contributed by atoms with Crippen molar-refractivity contribution < 1.29 is 4.74 Å². The highest BCUT2D eigenvalue weighted by Crippen LogP contribution is 2.25. The molecular formula is C10H21O. The van der Waals surface area contributed by atoms with Gasteiger partial charge in [0.1, 0.15) is 0 Å². The van der Waals surface area contributed by atoms with Gasteiger partial charge in [0.2, 0.25) is 0 Å². The molecule has 0 aliphatic carbocycles. The average molecular weight is 157 g/mol. The van der Waals surface area contributed by atoms with E-state index in [1.807, 2.05) is 0 Å². The fourth-order valence-corrected chi connectivity index (χ4v) is 1.55. The summed E-state index contributed by atoms with van der Waals surface area (Å²) >= 11 is 0. The molecule has 0 aromatic heterocycles. The van der Waals surface area contributed by atoms with E-state index in [-0.39, 0.29) is 5.60 Å². The van der Waals surface area contributed by atoms with Crippen LogP contribution in [-0.2, 0) is 4.74 Å². The van der Waals surface area contributed by atoms with Gasteiger partial charge in [0.15, 0.2) is 0 Å². The zero-order chi connectivity index (χ0) is 8.74. The SMILES string of the molecule is [CH2]COC(CC)(CC)CCC. The highest BCUT2D eigenvalue weighted by Gasteiger charge is 2.24. The molecule has 0 aromatic carbocycles. The van der Waals surface area contributed by atoms with E-state index in [2.05, 4.69) is 27.7 Å². The van der Waals surface area contributed by atoms with Crippen LogP contribution in [0.1, 0.15) is 46.5 Å². The molecule has 0 atom stereocenters. The van der Waals surface area contributed by atoms with E-state index in [0.717, 1.165) is 19.3 Å². The Kier molecular flexibility index (Phi) is 5.57. The van der Waals surface area contributed by atoms with E-state index in [1.54, 1.807) is 0 Å². The first-order valence-electron chi connectivity index (χ1n) is 4.67. The summed E-state index contributed by atoms with van der Waals surface area (Å²) in [4.78, 5) is 0. The van der Waals surface area contributed by atoms with Crippen LogP contribution in [0, 0.1) is 6.92 Å². The largest absolute Gasteiger partial charge is 0.375 e. The van der Waals surface area contributed by atoms with Gasteiger partial charge in [-0.15, -0.1) is 0 Å². The molecule has 0 aliphatic rings. The zero-order valence-electron chi connectivity index (χ0n) is 8.15. The maximum atomic E-state index is 5.66. The van der Waals surface area contributed by atoms with Gasteiger partial charge >= 0.3 is 0 Å². The predicted molar refractivity (Wildman–Crippen MR) is 49.5 cm³/mol. The molecule has 0 bridgehead atoms. The standard InChI is InChI=1S/C10H21O/c1-5-9-10(6-2,7-3)11-8-4/h4-9H2,1-3H3. The van der Waals surface area contributed by atoms with Crippen molar-refractivity contribution in [3.8, 4) is 0 Å². The molecule has 0 saturated heterocycles. The third-order valence-corrected chi connectivity index (χ3v) is 2.40. The van der Waals surface area contributed by atoms with Gasteiger partial charge in [-0.25, -0.2) is 0 Å². The van der Waals surface area contributed by atoms with Crippen molar-refractivity contribution >= 4 is 0 Å². The third kappa shape index (κ3) is 3.24. The van der Waals surface area contributed by atoms with E-state index >= 15 is 0 Å². The van der Waals surface area contributed by atoms with Crippen molar-refractivity contribution in [2.24, 2.45) is 0 Å². The Hall–Kier alpha value is -0.0400. The Balaban J connectivity index is 3.96. The summed E-state index contributed by atoms with van der Waals surface area (Å²) in [6.07, 6.45) is 4.57. The molecule has 0 amide bonds. The predicted octanol–water partition coefficient (Wildman–Crippen LogP) is 3.20. The van der Waals surface area contributed by atoms with Gasteiger partial charge in [-0.05, 0) is 26.2 Å². The fourth-order valence-electron chi connectivity index (χ4n) is 1.55. The van der Waals surface area contributed by atoms with Crippen molar-refractivity contribution in [3.63, 3.8) is 0 Å². The molecule has 0 rings (SSSR count). The highest BCUT2D eigenvalue weighted by molar-refractivity contribution is 4.77. The van der Waals surface area contributed by atoms with E-state index < -0.39 is 0 Å². The molecule has 0 aromatic rings. The second kappa shape index (κ2) is 5.59. The first-order chi connectivity index (χ1) is 5.24. The van der Waals surface area contributed by atoms with E-state index in [4.69, 9.17) is 4.74 Å². The van der Waals surface area contributed by atoms with Crippen molar-refractivity contribution in [1.29, 1.82) is 0 Å². The third-order valence-electron chi connectivity index (χ3n) is 2.40. The van der Waals surface area contributed by atoms with Crippen LogP contribution in [0.25, 0.3) is 0 Å². The quantitative estimate of drug-likeness (QED) is 0.575. The van der Waals surface area contributed by atoms with Crippen LogP contribution >= 0.6 is 0 Å². The van der Waals surface area contributed by atoms with Crippen LogP contribution < -0.4 is 0 Å². The van der Waals surface area contributed by atoms with Gasteiger partial charge < -0.3 is 4.74 Å². The lowest BCUT2D eigenvalue weighted by Gasteiger charge is -2.31. The van der Waals surface area contributed by atoms with Crippen LogP contribution in [-0.4, -0.2) is 12.2 Å². The normalized spacial score (nSPS) is 12.0. The van der Waals surface area contributed by atoms with Crippen LogP contribution in [0.2, 0.25) is 0 Å². The van der Waals surface area contributed by atoms with Crippen LogP contribution in [0.5, 0.6) is 0 Å². The first-order valence-corrected chi connectivity index (χ1v) is 4.67. The molecule has 1 radical (unpaired) electrons. The second-order valence-electron chi connectivity index (χ2n) is 2.99. The minimum Gasteiger partial charge on any atom is -0.375 e. The van der Waals surface area contributed by atoms with E-state index in [1.165, 1.54) is 6.42 Å². The molecule has 11 heavy (non-hydrogen) atoms. The van der Waals surface area contributed by atoms with Crippen molar-refractivity contribution in [2.75, 3.05) is 6.61 Å². The van der Waals surface area contributed by atoms with Crippen LogP contribution in [0.4, 0.5) is 0 Å². The topological polar surface area (TPSA) is 9.23 Å². The lowest BCUT2D eigenvalue weighted by Crippen LogP contribution is -2.30. The molecule has 0 fully saturated rings. The molecule has 67 valence electrons. The van der Waals surface area contributed by atoms with Crippen molar-refractivity contribution in [1.82, 2.24) is 0 Å². The first kappa shape index (κ1) is 11.0. The molecule has 0 N–H and O–H groups in total. The number of hydrogen-bond donors (Lipinski definition) is 0. The minimum absolute atomic E-state index is 0.122. The summed E-state index contributed by atoms with van der Waals surface area (Å²) in [5, 5.41) is 0. The summed E-state index contributed by atoms with van der Waals surface area (Å²) in [6.45, 7) is 10.9. The molecule has 1 heteroatoms. The molecule has 1 nitrogen and oxygen atoms in total. The maximum Gasteiger partial charge on any atom is 0.0677 e. The lowest BCUT2D eigenvalue weighted by molar-refractivity contribution is -0.0447. The van der Waals surface area contributed by atoms with Gasteiger partial charge in [0.25, 0.3) is 0 Å². The summed E-state index contributed by atoms with van der Waals surface area (Å²) < 4.78 is 5.66. The van der Waals surface area contributed by atoms with E-state index in [9.17, 15) is 0 Å². The second-order valence-corrected chi connectivity index (χ2v) is 2.99. The van der Waals surface area contributed by atoms with Gasteiger partial charge in [-0.3, -0.25) is 0 Å². The van der Waals surface area contributed by atoms with Crippen LogP contribution in [0.15, 0.2) is 0 Å². The van der Waals surface area contributed by atoms with Crippen molar-refractivity contribution in [3.05, 3.63) is 6.92 Å². The van der Waals surface area contributed by atoms with Crippen molar-refractivity contribution in [2.45, 2.75) is 52.1 Å². The summed E-state index contributed by atoms with van der Waals surface area (Å²) in [6, 6.07) is 0. The van der Waals surface area contributed by atoms with Gasteiger partial charge in [0.05, 0.1) is 5.60 Å². The van der Waals surface area contributed by atoms with Gasteiger partial charge in [0, 0.05) is 6.61 Å². The molecular weight excluding hydrogens is 136 g/mol. The molecule has 0 saturated carbocycles. The number of rotatable bonds is 6. The van der Waals surface area contributed by atoms with E-state index in [0.29, 0.717) is 6.61 Å². The smallest absolute Gasteiger partial charge is 0.0677 e. The maximum absolute atomic E-state index is 5.66. The van der Waals surface area contributed by atoms with Crippen LogP contribution in [0.3, 0.4) is 0 Å².